The fourth-order valence-electron chi connectivity index (χ4n) is 1.44. The summed E-state index contributed by atoms with van der Waals surface area (Å²) < 4.78 is 40.6. The third kappa shape index (κ3) is 5.74. The summed E-state index contributed by atoms with van der Waals surface area (Å²) in [5.74, 6) is -2.42. The maximum Gasteiger partial charge on any atom is 0.405 e. The summed E-state index contributed by atoms with van der Waals surface area (Å²) in [5, 5.41) is 12.4. The summed E-state index contributed by atoms with van der Waals surface area (Å²) >= 11 is 5.58. The molecule has 0 aliphatic heterocycles. The predicted octanol–water partition coefficient (Wildman–Crippen LogP) is 2.47. The van der Waals surface area contributed by atoms with Gasteiger partial charge in [0, 0.05) is 11.1 Å². The molecule has 0 saturated carbocycles. The highest BCUT2D eigenvalue weighted by molar-refractivity contribution is 6.31. The number of nitro benzene ring substituents is 1. The molecule has 0 saturated heterocycles. The first-order chi connectivity index (χ1) is 10.5. The summed E-state index contributed by atoms with van der Waals surface area (Å²) in [6, 6.07) is 3.12. The molecule has 1 atom stereocenters. The van der Waals surface area contributed by atoms with Crippen molar-refractivity contribution < 1.29 is 32.4 Å². The van der Waals surface area contributed by atoms with Gasteiger partial charge in [0.05, 0.1) is 4.92 Å². The van der Waals surface area contributed by atoms with Crippen LogP contribution in [0.2, 0.25) is 5.02 Å². The van der Waals surface area contributed by atoms with Crippen molar-refractivity contribution in [1.29, 1.82) is 0 Å². The van der Waals surface area contributed by atoms with Crippen LogP contribution in [0.1, 0.15) is 17.3 Å². The van der Waals surface area contributed by atoms with E-state index in [0.29, 0.717) is 0 Å². The minimum atomic E-state index is -4.62. The second-order valence-electron chi connectivity index (χ2n) is 4.30. The van der Waals surface area contributed by atoms with Crippen LogP contribution in [0.3, 0.4) is 0 Å². The summed E-state index contributed by atoms with van der Waals surface area (Å²) in [4.78, 5) is 33.2. The number of alkyl halides is 3. The van der Waals surface area contributed by atoms with Gasteiger partial charge in [-0.3, -0.25) is 14.9 Å². The minimum absolute atomic E-state index is 0.00391. The zero-order chi connectivity index (χ0) is 17.8. The highest BCUT2D eigenvalue weighted by atomic mass is 35.5. The largest absolute Gasteiger partial charge is 0.449 e. The number of esters is 1. The lowest BCUT2D eigenvalue weighted by atomic mass is 10.2. The number of amides is 1. The van der Waals surface area contributed by atoms with Crippen molar-refractivity contribution in [2.24, 2.45) is 0 Å². The van der Waals surface area contributed by atoms with Gasteiger partial charge >= 0.3 is 12.1 Å². The van der Waals surface area contributed by atoms with Crippen molar-refractivity contribution in [2.75, 3.05) is 6.54 Å². The monoisotopic (exact) mass is 354 g/mol. The van der Waals surface area contributed by atoms with Gasteiger partial charge in [0.25, 0.3) is 11.6 Å². The van der Waals surface area contributed by atoms with Gasteiger partial charge < -0.3 is 10.1 Å². The Balaban J connectivity index is 2.80. The Bertz CT molecular complexity index is 636. The Hall–Kier alpha value is -2.36. The molecular formula is C12H10ClF3N2O5. The first-order valence-corrected chi connectivity index (χ1v) is 6.38. The van der Waals surface area contributed by atoms with Crippen molar-refractivity contribution in [3.63, 3.8) is 0 Å². The van der Waals surface area contributed by atoms with Crippen molar-refractivity contribution in [1.82, 2.24) is 5.32 Å². The SMILES string of the molecule is CC(OC(=O)c1ccc(Cl)cc1[N+](=O)[O-])C(=O)NCC(F)(F)F. The maximum absolute atomic E-state index is 12.0. The van der Waals surface area contributed by atoms with Crippen LogP contribution in [0, 0.1) is 10.1 Å². The Morgan fingerprint density at radius 3 is 2.57 bits per heavy atom. The summed E-state index contributed by atoms with van der Waals surface area (Å²) in [7, 11) is 0. The lowest BCUT2D eigenvalue weighted by molar-refractivity contribution is -0.385. The molecule has 0 spiro atoms. The molecule has 0 heterocycles. The Morgan fingerprint density at radius 2 is 2.04 bits per heavy atom. The lowest BCUT2D eigenvalue weighted by Crippen LogP contribution is -2.40. The van der Waals surface area contributed by atoms with Crippen molar-refractivity contribution in [3.8, 4) is 0 Å². The fourth-order valence-corrected chi connectivity index (χ4v) is 1.60. The molecule has 0 aliphatic carbocycles. The van der Waals surface area contributed by atoms with Crippen molar-refractivity contribution in [3.05, 3.63) is 38.9 Å². The number of carbonyl (C=O) groups is 2. The number of carbonyl (C=O) groups excluding carboxylic acids is 2. The van der Waals surface area contributed by atoms with E-state index in [1.807, 2.05) is 0 Å². The number of nitrogens with one attached hydrogen (secondary N) is 1. The van der Waals surface area contributed by atoms with Crippen molar-refractivity contribution in [2.45, 2.75) is 19.2 Å². The van der Waals surface area contributed by atoms with E-state index < -0.39 is 46.9 Å². The van der Waals surface area contributed by atoms with E-state index in [1.165, 1.54) is 11.4 Å². The quantitative estimate of drug-likeness (QED) is 0.497. The first-order valence-electron chi connectivity index (χ1n) is 6.00. The Kier molecular flexibility index (Phi) is 5.91. The zero-order valence-corrected chi connectivity index (χ0v) is 12.3. The fraction of sp³-hybridized carbons (Fsp3) is 0.333. The third-order valence-electron chi connectivity index (χ3n) is 2.49. The van der Waals surface area contributed by atoms with Crippen LogP contribution in [0.5, 0.6) is 0 Å². The third-order valence-corrected chi connectivity index (χ3v) is 2.73. The standard InChI is InChI=1S/C12H10ClF3N2O5/c1-6(10(19)17-5-12(14,15)16)23-11(20)8-3-2-7(13)4-9(8)18(21)22/h2-4,6H,5H2,1H3,(H,17,19). The average molecular weight is 355 g/mol. The molecule has 0 bridgehead atoms. The average Bonchev–Trinajstić information content (AvgIpc) is 2.43. The zero-order valence-electron chi connectivity index (χ0n) is 11.5. The Labute approximate surface area is 132 Å². The molecule has 0 fully saturated rings. The van der Waals surface area contributed by atoms with Crippen LogP contribution in [0.4, 0.5) is 18.9 Å². The highest BCUT2D eigenvalue weighted by Gasteiger charge is 2.30. The van der Waals surface area contributed by atoms with Gasteiger partial charge in [-0.25, -0.2) is 4.79 Å². The molecule has 1 rings (SSSR count). The number of nitrogens with zero attached hydrogens (tertiary/aromatic N) is 1. The lowest BCUT2D eigenvalue weighted by Gasteiger charge is -2.14. The van der Waals surface area contributed by atoms with Crippen LogP contribution < -0.4 is 5.32 Å². The van der Waals surface area contributed by atoms with Gasteiger partial charge in [-0.2, -0.15) is 13.2 Å². The molecule has 23 heavy (non-hydrogen) atoms. The second-order valence-corrected chi connectivity index (χ2v) is 4.74. The van der Waals surface area contributed by atoms with Crippen LogP contribution in [0.15, 0.2) is 18.2 Å². The van der Waals surface area contributed by atoms with Gasteiger partial charge in [-0.1, -0.05) is 11.6 Å². The molecule has 1 unspecified atom stereocenters. The molecule has 0 aliphatic rings. The van der Waals surface area contributed by atoms with E-state index in [2.05, 4.69) is 4.74 Å². The minimum Gasteiger partial charge on any atom is -0.449 e. The van der Waals surface area contributed by atoms with E-state index in [0.717, 1.165) is 19.1 Å². The van der Waals surface area contributed by atoms with Crippen LogP contribution >= 0.6 is 11.6 Å². The van der Waals surface area contributed by atoms with E-state index in [-0.39, 0.29) is 5.02 Å². The van der Waals surface area contributed by atoms with Crippen molar-refractivity contribution >= 4 is 29.2 Å². The highest BCUT2D eigenvalue weighted by Crippen LogP contribution is 2.24. The number of ether oxygens (including phenoxy) is 1. The number of nitro groups is 1. The number of hydrogen-bond donors (Lipinski definition) is 1. The number of halogens is 4. The number of benzene rings is 1. The van der Waals surface area contributed by atoms with Gasteiger partial charge in [-0.15, -0.1) is 0 Å². The smallest absolute Gasteiger partial charge is 0.405 e. The van der Waals surface area contributed by atoms with Gasteiger partial charge in [0.15, 0.2) is 6.10 Å². The molecule has 0 aromatic heterocycles. The molecular weight excluding hydrogens is 345 g/mol. The van der Waals surface area contributed by atoms with E-state index in [4.69, 9.17) is 11.6 Å². The molecule has 7 nitrogen and oxygen atoms in total. The Morgan fingerprint density at radius 1 is 1.43 bits per heavy atom. The van der Waals surface area contributed by atoms with Gasteiger partial charge in [0.1, 0.15) is 12.1 Å². The number of hydrogen-bond acceptors (Lipinski definition) is 5. The van der Waals surface area contributed by atoms with Gasteiger partial charge in [0.2, 0.25) is 0 Å². The molecule has 1 N–H and O–H groups in total. The van der Waals surface area contributed by atoms with E-state index >= 15 is 0 Å². The predicted molar refractivity (Wildman–Crippen MR) is 72.0 cm³/mol. The summed E-state index contributed by atoms with van der Waals surface area (Å²) in [6.45, 7) is -0.555. The molecule has 1 aromatic rings. The topological polar surface area (TPSA) is 98.5 Å². The summed E-state index contributed by atoms with van der Waals surface area (Å²) in [5.41, 5.74) is -1.12. The summed E-state index contributed by atoms with van der Waals surface area (Å²) in [6.07, 6.45) is -6.19. The molecule has 126 valence electrons. The van der Waals surface area contributed by atoms with Crippen LogP contribution in [0.25, 0.3) is 0 Å². The number of rotatable bonds is 5. The molecule has 11 heteroatoms. The van der Waals surface area contributed by atoms with Gasteiger partial charge in [-0.05, 0) is 19.1 Å². The van der Waals surface area contributed by atoms with E-state index in [1.54, 1.807) is 0 Å². The normalized spacial score (nSPS) is 12.4. The second kappa shape index (κ2) is 7.27. The van der Waals surface area contributed by atoms with E-state index in [9.17, 15) is 32.9 Å². The molecule has 1 amide bonds. The van der Waals surface area contributed by atoms with Crippen LogP contribution in [-0.2, 0) is 9.53 Å². The first kappa shape index (κ1) is 18.7. The molecule has 0 radical (unpaired) electrons. The van der Waals surface area contributed by atoms with Crippen LogP contribution in [-0.4, -0.2) is 35.6 Å². The maximum atomic E-state index is 12.0. The molecule has 1 aromatic carbocycles.